The number of aromatic nitrogens is 2. The molecular weight excluding hydrogens is 450 g/mol. The summed E-state index contributed by atoms with van der Waals surface area (Å²) in [4.78, 5) is 32.2. The predicted octanol–water partition coefficient (Wildman–Crippen LogP) is 4.11. The van der Waals surface area contributed by atoms with Gasteiger partial charge in [-0.25, -0.2) is 9.78 Å². The Labute approximate surface area is 201 Å². The number of hydrogen-bond donors (Lipinski definition) is 2. The predicted molar refractivity (Wildman–Crippen MR) is 132 cm³/mol. The van der Waals surface area contributed by atoms with Gasteiger partial charge in [0.25, 0.3) is 5.56 Å². The van der Waals surface area contributed by atoms with E-state index in [0.717, 1.165) is 28.2 Å². The number of rotatable bonds is 3. The second-order valence-corrected chi connectivity index (χ2v) is 10.8. The molecule has 5 heterocycles. The highest BCUT2D eigenvalue weighted by Crippen LogP contribution is 2.49. The van der Waals surface area contributed by atoms with E-state index in [2.05, 4.69) is 32.2 Å². The summed E-state index contributed by atoms with van der Waals surface area (Å²) >= 11 is 1.86. The van der Waals surface area contributed by atoms with Gasteiger partial charge in [-0.1, -0.05) is 13.8 Å². The molecular formula is C26H27N3O4S. The molecule has 176 valence electrons. The Kier molecular flexibility index (Phi) is 4.67. The number of aliphatic hydroxyl groups is 1. The lowest BCUT2D eigenvalue weighted by Gasteiger charge is -2.31. The van der Waals surface area contributed by atoms with Crippen molar-refractivity contribution >= 4 is 34.3 Å². The largest absolute Gasteiger partial charge is 0.458 e. The average Bonchev–Trinajstić information content (AvgIpc) is 3.18. The summed E-state index contributed by atoms with van der Waals surface area (Å²) in [6.07, 6.45) is 0.133. The Morgan fingerprint density at radius 1 is 1.32 bits per heavy atom. The van der Waals surface area contributed by atoms with Crippen molar-refractivity contribution in [3.63, 3.8) is 0 Å². The van der Waals surface area contributed by atoms with E-state index in [4.69, 9.17) is 9.72 Å². The lowest BCUT2D eigenvalue weighted by Crippen LogP contribution is -2.44. The molecule has 0 aliphatic carbocycles. The first kappa shape index (κ1) is 21.7. The monoisotopic (exact) mass is 477 g/mol. The van der Waals surface area contributed by atoms with Crippen molar-refractivity contribution in [1.29, 1.82) is 0 Å². The van der Waals surface area contributed by atoms with Crippen molar-refractivity contribution in [2.75, 3.05) is 11.1 Å². The quantitative estimate of drug-likeness (QED) is 0.429. The molecule has 8 heteroatoms. The molecule has 34 heavy (non-hydrogen) atoms. The molecule has 0 saturated carbocycles. The number of thioether (sulfide) groups is 1. The number of pyridine rings is 2. The summed E-state index contributed by atoms with van der Waals surface area (Å²) in [5, 5.41) is 15.8. The van der Waals surface area contributed by atoms with Crippen molar-refractivity contribution in [2.24, 2.45) is 0 Å². The smallest absolute Gasteiger partial charge is 0.343 e. The van der Waals surface area contributed by atoms with Crippen molar-refractivity contribution in [1.82, 2.24) is 9.55 Å². The maximum absolute atomic E-state index is 13.5. The summed E-state index contributed by atoms with van der Waals surface area (Å²) in [6, 6.07) is 6.24. The molecule has 3 aliphatic heterocycles. The first-order chi connectivity index (χ1) is 16.2. The number of carbonyl (C=O) groups excluding carboxylic acids is 1. The molecule has 0 amide bonds. The van der Waals surface area contributed by atoms with Crippen molar-refractivity contribution in [3.8, 4) is 11.4 Å². The zero-order valence-corrected chi connectivity index (χ0v) is 20.5. The standard InChI is InChI=1S/C26H27N3O4S/c1-5-26(32)16-8-19-22-14(9-29(19)24(30)15(16)10-33-25(26)31)20-13(4)11-34-23-18(27-12(2)3)7-6-17(28-22)21(20)23/h6-8,12-13,27,32H,5,9-11H2,1-4H3/t13?,26-/m0/s1. The van der Waals surface area contributed by atoms with E-state index in [1.165, 1.54) is 15.8 Å². The molecule has 0 fully saturated rings. The van der Waals surface area contributed by atoms with Gasteiger partial charge in [-0.3, -0.25) is 4.79 Å². The maximum atomic E-state index is 13.5. The Hall–Kier alpha value is -2.84. The summed E-state index contributed by atoms with van der Waals surface area (Å²) in [6.45, 7) is 8.53. The summed E-state index contributed by atoms with van der Waals surface area (Å²) in [5.41, 5.74) is 4.44. The third-order valence-electron chi connectivity index (χ3n) is 7.26. The van der Waals surface area contributed by atoms with E-state index >= 15 is 0 Å². The van der Waals surface area contributed by atoms with Gasteiger partial charge in [0, 0.05) is 38.9 Å². The number of carbonyl (C=O) groups is 1. The minimum absolute atomic E-state index is 0.115. The number of hydrogen-bond acceptors (Lipinski definition) is 7. The minimum Gasteiger partial charge on any atom is -0.458 e. The SMILES string of the molecule is CC[C@@]1(O)C(=O)OCc2c1cc1n(c2=O)Cc2c-1nc1ccc(NC(C)C)c3c1c2C(C)CS3. The van der Waals surface area contributed by atoms with Crippen LogP contribution in [0.15, 0.2) is 27.9 Å². The molecule has 2 atom stereocenters. The number of cyclic esters (lactones) is 1. The number of nitrogens with one attached hydrogen (secondary N) is 1. The van der Waals surface area contributed by atoms with Gasteiger partial charge >= 0.3 is 5.97 Å². The van der Waals surface area contributed by atoms with Crippen LogP contribution in [-0.2, 0) is 28.3 Å². The highest BCUT2D eigenvalue weighted by atomic mass is 32.2. The molecule has 0 saturated heterocycles. The van der Waals surface area contributed by atoms with Gasteiger partial charge in [-0.05, 0) is 49.9 Å². The molecule has 1 aromatic carbocycles. The second kappa shape index (κ2) is 7.33. The van der Waals surface area contributed by atoms with E-state index < -0.39 is 11.6 Å². The topological polar surface area (TPSA) is 93.5 Å². The van der Waals surface area contributed by atoms with Crippen LogP contribution in [0.4, 0.5) is 5.69 Å². The Morgan fingerprint density at radius 2 is 2.12 bits per heavy atom. The summed E-state index contributed by atoms with van der Waals surface area (Å²) < 4.78 is 6.92. The van der Waals surface area contributed by atoms with E-state index in [1.807, 2.05) is 17.8 Å². The molecule has 2 aromatic heterocycles. The number of esters is 1. The van der Waals surface area contributed by atoms with Gasteiger partial charge in [0.15, 0.2) is 5.60 Å². The lowest BCUT2D eigenvalue weighted by molar-refractivity contribution is -0.172. The minimum atomic E-state index is -1.81. The van der Waals surface area contributed by atoms with E-state index in [0.29, 0.717) is 35.3 Å². The van der Waals surface area contributed by atoms with Crippen LogP contribution < -0.4 is 10.9 Å². The van der Waals surface area contributed by atoms with E-state index in [9.17, 15) is 14.7 Å². The van der Waals surface area contributed by atoms with Gasteiger partial charge in [-0.15, -0.1) is 11.8 Å². The van der Waals surface area contributed by atoms with Gasteiger partial charge < -0.3 is 19.7 Å². The molecule has 3 aliphatic rings. The molecule has 0 radical (unpaired) electrons. The van der Waals surface area contributed by atoms with Gasteiger partial charge in [0.1, 0.15) is 6.61 Å². The van der Waals surface area contributed by atoms with Crippen LogP contribution in [0.2, 0.25) is 0 Å². The molecule has 7 nitrogen and oxygen atoms in total. The molecule has 3 aromatic rings. The first-order valence-corrected chi connectivity index (χ1v) is 12.8. The molecule has 0 bridgehead atoms. The van der Waals surface area contributed by atoms with Gasteiger partial charge in [0.05, 0.1) is 29.0 Å². The fourth-order valence-electron chi connectivity index (χ4n) is 5.59. The Balaban J connectivity index is 1.64. The van der Waals surface area contributed by atoms with Crippen LogP contribution in [-0.4, -0.2) is 32.4 Å². The highest BCUT2D eigenvalue weighted by molar-refractivity contribution is 7.99. The third kappa shape index (κ3) is 2.78. The van der Waals surface area contributed by atoms with Crippen molar-refractivity contribution in [2.45, 2.75) is 69.7 Å². The van der Waals surface area contributed by atoms with Crippen LogP contribution in [0.25, 0.3) is 22.3 Å². The summed E-state index contributed by atoms with van der Waals surface area (Å²) in [7, 11) is 0. The normalized spacial score (nSPS) is 22.4. The number of nitrogens with zero attached hydrogens (tertiary/aromatic N) is 2. The molecule has 0 spiro atoms. The van der Waals surface area contributed by atoms with E-state index in [1.54, 1.807) is 17.6 Å². The van der Waals surface area contributed by atoms with Gasteiger partial charge in [0.2, 0.25) is 0 Å². The second-order valence-electron chi connectivity index (χ2n) is 9.80. The third-order valence-corrected chi connectivity index (χ3v) is 8.64. The average molecular weight is 478 g/mol. The van der Waals surface area contributed by atoms with Gasteiger partial charge in [-0.2, -0.15) is 0 Å². The van der Waals surface area contributed by atoms with E-state index in [-0.39, 0.29) is 18.6 Å². The first-order valence-electron chi connectivity index (χ1n) is 11.8. The zero-order valence-electron chi connectivity index (χ0n) is 19.7. The maximum Gasteiger partial charge on any atom is 0.343 e. The Bertz CT molecular complexity index is 1460. The fraction of sp³-hybridized carbons (Fsp3) is 0.423. The molecule has 1 unspecified atom stereocenters. The van der Waals surface area contributed by atoms with Crippen molar-refractivity contribution < 1.29 is 14.6 Å². The molecule has 2 N–H and O–H groups in total. The Morgan fingerprint density at radius 3 is 2.85 bits per heavy atom. The van der Waals surface area contributed by atoms with Crippen LogP contribution in [0.3, 0.4) is 0 Å². The number of ether oxygens (including phenoxy) is 1. The zero-order chi connectivity index (χ0) is 23.9. The number of anilines is 1. The van der Waals surface area contributed by atoms with Crippen LogP contribution >= 0.6 is 11.8 Å². The number of benzene rings is 1. The lowest BCUT2D eigenvalue weighted by atomic mass is 9.86. The fourth-order valence-corrected chi connectivity index (χ4v) is 6.81. The number of fused-ring (bicyclic) bond motifs is 5. The van der Waals surface area contributed by atoms with Crippen LogP contribution in [0.5, 0.6) is 0 Å². The highest BCUT2D eigenvalue weighted by Gasteiger charge is 2.45. The van der Waals surface area contributed by atoms with Crippen molar-refractivity contribution in [3.05, 3.63) is 50.8 Å². The van der Waals surface area contributed by atoms with Crippen LogP contribution in [0.1, 0.15) is 62.3 Å². The van der Waals surface area contributed by atoms with Crippen LogP contribution in [0, 0.1) is 0 Å². The summed E-state index contributed by atoms with van der Waals surface area (Å²) in [5.74, 6) is 0.560. The molecule has 6 rings (SSSR count).